The van der Waals surface area contributed by atoms with E-state index in [0.717, 1.165) is 30.4 Å². The fraction of sp³-hybridized carbons (Fsp3) is 0.286. The van der Waals surface area contributed by atoms with Gasteiger partial charge in [-0.3, -0.25) is 10.1 Å². The minimum Gasteiger partial charge on any atom is -0.479 e. The van der Waals surface area contributed by atoms with Gasteiger partial charge in [-0.1, -0.05) is 72.8 Å². The van der Waals surface area contributed by atoms with Crippen molar-refractivity contribution in [2.75, 3.05) is 25.6 Å². The summed E-state index contributed by atoms with van der Waals surface area (Å²) in [5.74, 6) is -3.21. The Balaban J connectivity index is 2.03. The quantitative estimate of drug-likeness (QED) is 0.305. The van der Waals surface area contributed by atoms with Crippen LogP contribution < -0.4 is 15.5 Å². The van der Waals surface area contributed by atoms with Crippen LogP contribution in [0.4, 0.5) is 18.9 Å². The fourth-order valence-electron chi connectivity index (χ4n) is 4.20. The van der Waals surface area contributed by atoms with E-state index in [2.05, 4.69) is 10.1 Å². The Labute approximate surface area is 219 Å². The molecule has 0 bridgehead atoms. The molecular weight excluding hydrogens is 499 g/mol. The number of carbonyl (C=O) groups is 2. The number of alkyl halides is 3. The van der Waals surface area contributed by atoms with Gasteiger partial charge in [0.1, 0.15) is 6.04 Å². The number of halogens is 3. The highest BCUT2D eigenvalue weighted by molar-refractivity contribution is 5.84. The number of esters is 1. The lowest BCUT2D eigenvalue weighted by molar-refractivity contribution is -0.215. The van der Waals surface area contributed by atoms with Crippen LogP contribution in [0.2, 0.25) is 0 Å². The summed E-state index contributed by atoms with van der Waals surface area (Å²) in [6, 6.07) is 22.8. The Morgan fingerprint density at radius 3 is 1.79 bits per heavy atom. The average Bonchev–Trinajstić information content (AvgIpc) is 2.90. The van der Waals surface area contributed by atoms with Gasteiger partial charge in [0, 0.05) is 25.3 Å². The van der Waals surface area contributed by atoms with Crippen LogP contribution in [0.3, 0.4) is 0 Å². The Hall–Kier alpha value is -3.89. The van der Waals surface area contributed by atoms with Gasteiger partial charge in [-0.05, 0) is 35.9 Å². The Kier molecular flexibility index (Phi) is 9.49. The lowest BCUT2D eigenvalue weighted by atomic mass is 9.87. The second-order valence-electron chi connectivity index (χ2n) is 8.70. The van der Waals surface area contributed by atoms with E-state index in [-0.39, 0.29) is 6.54 Å². The van der Waals surface area contributed by atoms with E-state index >= 15 is 0 Å². The maximum absolute atomic E-state index is 14.5. The van der Waals surface area contributed by atoms with Crippen molar-refractivity contribution in [3.05, 3.63) is 102 Å². The zero-order valence-electron chi connectivity index (χ0n) is 21.0. The van der Waals surface area contributed by atoms with Crippen LogP contribution in [0.15, 0.2) is 84.9 Å². The number of rotatable bonds is 12. The summed E-state index contributed by atoms with van der Waals surface area (Å²) in [5, 5.41) is 14.5. The third-order valence-electron chi connectivity index (χ3n) is 6.13. The van der Waals surface area contributed by atoms with Gasteiger partial charge in [-0.2, -0.15) is 13.2 Å². The highest BCUT2D eigenvalue weighted by atomic mass is 19.4. The van der Waals surface area contributed by atoms with Crippen LogP contribution in [0.25, 0.3) is 0 Å². The molecule has 3 rings (SSSR count). The molecule has 0 heterocycles. The third-order valence-corrected chi connectivity index (χ3v) is 6.13. The Bertz CT molecular complexity index is 1150. The smallest absolute Gasteiger partial charge is 0.421 e. The number of hydrogen-bond acceptors (Lipinski definition) is 6. The standard InChI is InChI=1S/C28H30F3N3O4/c1-32-17-24(25(35)38-2)33-27(26(36)37,28(29,30)31)22-13-15-23(16-14-22)34(18-20-9-5-3-6-10-20)19-21-11-7-4-8-12-21/h3-16,24,32-33H,17-19H2,1-2H3,(H,36,37)/t24-,27?/m0/s1. The lowest BCUT2D eigenvalue weighted by Crippen LogP contribution is -2.65. The number of anilines is 1. The zero-order chi connectivity index (χ0) is 27.8. The number of carbonyl (C=O) groups excluding carboxylic acids is 1. The number of ether oxygens (including phenoxy) is 1. The third kappa shape index (κ3) is 6.51. The molecule has 0 fully saturated rings. The largest absolute Gasteiger partial charge is 0.479 e. The molecule has 1 unspecified atom stereocenters. The number of carboxylic acids is 1. The van der Waals surface area contributed by atoms with Gasteiger partial charge in [-0.25, -0.2) is 4.79 Å². The van der Waals surface area contributed by atoms with Crippen molar-refractivity contribution in [1.29, 1.82) is 0 Å². The van der Waals surface area contributed by atoms with Crippen molar-refractivity contribution in [3.8, 4) is 0 Å². The van der Waals surface area contributed by atoms with Gasteiger partial charge >= 0.3 is 18.1 Å². The molecule has 3 aromatic rings. The summed E-state index contributed by atoms with van der Waals surface area (Å²) in [4.78, 5) is 26.4. The van der Waals surface area contributed by atoms with Gasteiger partial charge in [0.05, 0.1) is 7.11 Å². The predicted octanol–water partition coefficient (Wildman–Crippen LogP) is 4.09. The Morgan fingerprint density at radius 2 is 1.39 bits per heavy atom. The van der Waals surface area contributed by atoms with E-state index in [1.165, 1.54) is 19.2 Å². The monoisotopic (exact) mass is 529 g/mol. The minimum absolute atomic E-state index is 0.280. The van der Waals surface area contributed by atoms with Gasteiger partial charge in [0.25, 0.3) is 0 Å². The molecule has 0 aliphatic carbocycles. The molecule has 0 amide bonds. The molecule has 0 aliphatic rings. The predicted molar refractivity (Wildman–Crippen MR) is 137 cm³/mol. The molecule has 0 spiro atoms. The van der Waals surface area contributed by atoms with Crippen LogP contribution in [0, 0.1) is 0 Å². The highest BCUT2D eigenvalue weighted by Crippen LogP contribution is 2.40. The molecule has 202 valence electrons. The van der Waals surface area contributed by atoms with E-state index in [0.29, 0.717) is 18.8 Å². The Morgan fingerprint density at radius 1 is 0.895 bits per heavy atom. The SMILES string of the molecule is CNC[C@H](NC(C(=O)O)(c1ccc(N(Cc2ccccc2)Cc2ccccc2)cc1)C(F)(F)F)C(=O)OC. The fourth-order valence-corrected chi connectivity index (χ4v) is 4.20. The van der Waals surface area contributed by atoms with Crippen molar-refractivity contribution in [2.24, 2.45) is 0 Å². The second kappa shape index (κ2) is 12.6. The minimum atomic E-state index is -5.28. The molecule has 3 aromatic carbocycles. The van der Waals surface area contributed by atoms with Crippen molar-refractivity contribution in [3.63, 3.8) is 0 Å². The number of benzene rings is 3. The average molecular weight is 530 g/mol. The van der Waals surface area contributed by atoms with Crippen molar-refractivity contribution in [2.45, 2.75) is 30.8 Å². The van der Waals surface area contributed by atoms with E-state index in [9.17, 15) is 27.9 Å². The van der Waals surface area contributed by atoms with E-state index in [1.54, 1.807) is 0 Å². The van der Waals surface area contributed by atoms with Gasteiger partial charge in [0.2, 0.25) is 5.54 Å². The summed E-state index contributed by atoms with van der Waals surface area (Å²) in [6.07, 6.45) is -5.28. The number of hydrogen-bond donors (Lipinski definition) is 3. The first-order valence-corrected chi connectivity index (χ1v) is 11.9. The molecular formula is C28H30F3N3O4. The molecule has 0 saturated carbocycles. The molecule has 0 saturated heterocycles. The molecule has 38 heavy (non-hydrogen) atoms. The first kappa shape index (κ1) is 28.7. The molecule has 0 radical (unpaired) electrons. The molecule has 3 N–H and O–H groups in total. The molecule has 2 atom stereocenters. The summed E-state index contributed by atoms with van der Waals surface area (Å²) in [7, 11) is 2.45. The first-order chi connectivity index (χ1) is 18.1. The summed E-state index contributed by atoms with van der Waals surface area (Å²) >= 11 is 0. The van der Waals surface area contributed by atoms with Crippen LogP contribution >= 0.6 is 0 Å². The van der Waals surface area contributed by atoms with Gasteiger partial charge in [-0.15, -0.1) is 0 Å². The summed E-state index contributed by atoms with van der Waals surface area (Å²) in [6.45, 7) is 0.671. The van der Waals surface area contributed by atoms with Crippen molar-refractivity contribution >= 4 is 17.6 Å². The van der Waals surface area contributed by atoms with E-state index in [4.69, 9.17) is 0 Å². The van der Waals surface area contributed by atoms with E-state index in [1.807, 2.05) is 70.9 Å². The number of carboxylic acid groups (broad SMARTS) is 1. The van der Waals surface area contributed by atoms with Crippen molar-refractivity contribution in [1.82, 2.24) is 10.6 Å². The second-order valence-corrected chi connectivity index (χ2v) is 8.70. The van der Waals surface area contributed by atoms with Gasteiger partial charge in [0.15, 0.2) is 0 Å². The molecule has 0 aromatic heterocycles. The first-order valence-electron chi connectivity index (χ1n) is 11.9. The molecule has 10 heteroatoms. The zero-order valence-corrected chi connectivity index (χ0v) is 21.0. The maximum atomic E-state index is 14.5. The van der Waals surface area contributed by atoms with Crippen LogP contribution in [-0.4, -0.2) is 50.0 Å². The molecule has 0 aliphatic heterocycles. The van der Waals surface area contributed by atoms with Crippen LogP contribution in [0.5, 0.6) is 0 Å². The number of nitrogens with one attached hydrogen (secondary N) is 2. The topological polar surface area (TPSA) is 90.9 Å². The summed E-state index contributed by atoms with van der Waals surface area (Å²) < 4.78 is 48.1. The molecule has 7 nitrogen and oxygen atoms in total. The van der Waals surface area contributed by atoms with Crippen molar-refractivity contribution < 1.29 is 32.6 Å². The van der Waals surface area contributed by atoms with Gasteiger partial charge < -0.3 is 20.1 Å². The summed E-state index contributed by atoms with van der Waals surface area (Å²) in [5.41, 5.74) is -1.52. The number of nitrogens with zero attached hydrogens (tertiary/aromatic N) is 1. The van der Waals surface area contributed by atoms with Crippen LogP contribution in [-0.2, 0) is 33.0 Å². The van der Waals surface area contributed by atoms with Crippen LogP contribution in [0.1, 0.15) is 16.7 Å². The number of methoxy groups -OCH3 is 1. The number of aliphatic carboxylic acids is 1. The normalized spacial score (nSPS) is 13.8. The van der Waals surface area contributed by atoms with E-state index < -0.39 is 35.3 Å². The maximum Gasteiger partial charge on any atom is 0.421 e. The number of likely N-dealkylation sites (N-methyl/N-ethyl adjacent to an activating group) is 1. The highest BCUT2D eigenvalue weighted by Gasteiger charge is 2.63. The lowest BCUT2D eigenvalue weighted by Gasteiger charge is -2.36.